The molecule has 9 heteroatoms. The van der Waals surface area contributed by atoms with Gasteiger partial charge in [0.05, 0.1) is 24.7 Å². The van der Waals surface area contributed by atoms with Crippen molar-refractivity contribution in [1.82, 2.24) is 19.8 Å². The summed E-state index contributed by atoms with van der Waals surface area (Å²) in [7, 11) is 1.26. The molecule has 0 atom stereocenters. The van der Waals surface area contributed by atoms with Gasteiger partial charge in [0.25, 0.3) is 5.91 Å². The second kappa shape index (κ2) is 10.0. The number of nitrogens with zero attached hydrogens (tertiary/aromatic N) is 3. The Labute approximate surface area is 208 Å². The highest BCUT2D eigenvalue weighted by atomic mass is 16.5. The highest BCUT2D eigenvalue weighted by Gasteiger charge is 2.21. The molecular formula is C27H26N6O3. The minimum Gasteiger partial charge on any atom is -0.453 e. The van der Waals surface area contributed by atoms with Crippen LogP contribution in [0.2, 0.25) is 0 Å². The van der Waals surface area contributed by atoms with Crippen molar-refractivity contribution in [3.8, 4) is 0 Å². The zero-order valence-corrected chi connectivity index (χ0v) is 19.8. The first-order valence-corrected chi connectivity index (χ1v) is 11.6. The molecule has 2 amide bonds. The number of carbonyl (C=O) groups excluding carboxylic acids is 2. The van der Waals surface area contributed by atoms with Crippen LogP contribution >= 0.6 is 0 Å². The van der Waals surface area contributed by atoms with E-state index in [0.717, 1.165) is 47.7 Å². The number of hydrogen-bond donors (Lipinski definition) is 3. The van der Waals surface area contributed by atoms with E-state index in [1.165, 1.54) is 7.11 Å². The molecule has 0 radical (unpaired) electrons. The van der Waals surface area contributed by atoms with Crippen molar-refractivity contribution in [3.05, 3.63) is 95.3 Å². The number of amidine groups is 1. The predicted molar refractivity (Wildman–Crippen MR) is 137 cm³/mol. The van der Waals surface area contributed by atoms with Crippen molar-refractivity contribution in [2.45, 2.75) is 19.6 Å². The number of imidazole rings is 1. The summed E-state index contributed by atoms with van der Waals surface area (Å²) >= 11 is 0. The van der Waals surface area contributed by atoms with E-state index in [1.807, 2.05) is 72.8 Å². The van der Waals surface area contributed by atoms with E-state index < -0.39 is 6.09 Å². The number of methoxy groups -OCH3 is 1. The maximum absolute atomic E-state index is 12.7. The lowest BCUT2D eigenvalue weighted by Crippen LogP contribution is -2.33. The molecule has 0 bridgehead atoms. The fraction of sp³-hybridized carbons (Fsp3) is 0.185. The Morgan fingerprint density at radius 2 is 1.75 bits per heavy atom. The smallest absolute Gasteiger partial charge is 0.412 e. The van der Waals surface area contributed by atoms with Crippen LogP contribution in [0.4, 0.5) is 10.5 Å². The highest BCUT2D eigenvalue weighted by molar-refractivity contribution is 6.06. The average Bonchev–Trinajstić information content (AvgIpc) is 3.26. The lowest BCUT2D eigenvalue weighted by atomic mass is 10.1. The summed E-state index contributed by atoms with van der Waals surface area (Å²) in [6, 6.07) is 22.6. The largest absolute Gasteiger partial charge is 0.453 e. The molecule has 3 N–H and O–H groups in total. The number of aromatic nitrogens is 2. The third-order valence-electron chi connectivity index (χ3n) is 6.19. The molecule has 5 rings (SSSR count). The maximum Gasteiger partial charge on any atom is 0.412 e. The second-order valence-electron chi connectivity index (χ2n) is 8.60. The summed E-state index contributed by atoms with van der Waals surface area (Å²) < 4.78 is 6.75. The van der Waals surface area contributed by atoms with Crippen LogP contribution in [0.1, 0.15) is 27.3 Å². The number of rotatable bonds is 5. The van der Waals surface area contributed by atoms with Crippen molar-refractivity contribution < 1.29 is 14.3 Å². The minimum atomic E-state index is -0.663. The first-order chi connectivity index (χ1) is 17.5. The summed E-state index contributed by atoms with van der Waals surface area (Å²) in [5.74, 6) is 0.809. The van der Waals surface area contributed by atoms with Gasteiger partial charge in [0, 0.05) is 36.4 Å². The monoisotopic (exact) mass is 482 g/mol. The standard InChI is InChI=1S/C27H26N6O3/c1-36-27(35)31-25(28)19-9-7-18(8-10-19)16-32-13-14-33-23-12-11-20(15-22(23)30-24(33)17-32)26(34)29-21-5-3-2-4-6-21/h2-12,15H,13-14,16-17H2,1H3,(H,29,34)(H2,28,31,35). The van der Waals surface area contributed by atoms with Crippen molar-refractivity contribution in [2.75, 3.05) is 19.0 Å². The molecule has 182 valence electrons. The predicted octanol–water partition coefficient (Wildman–Crippen LogP) is 3.99. The zero-order chi connectivity index (χ0) is 25.1. The van der Waals surface area contributed by atoms with Gasteiger partial charge in [0.15, 0.2) is 0 Å². The van der Waals surface area contributed by atoms with Crippen LogP contribution in [0.5, 0.6) is 0 Å². The van der Waals surface area contributed by atoms with E-state index in [4.69, 9.17) is 10.4 Å². The quantitative estimate of drug-likeness (QED) is 0.294. The third-order valence-corrected chi connectivity index (χ3v) is 6.19. The molecule has 4 aromatic rings. The van der Waals surface area contributed by atoms with Crippen molar-refractivity contribution in [3.63, 3.8) is 0 Å². The molecule has 0 unspecified atom stereocenters. The molecule has 3 aromatic carbocycles. The fourth-order valence-electron chi connectivity index (χ4n) is 4.33. The normalized spacial score (nSPS) is 13.1. The Hall–Kier alpha value is -4.50. The number of carbonyl (C=O) groups is 2. The third kappa shape index (κ3) is 4.96. The minimum absolute atomic E-state index is 0.00286. The Bertz CT molecular complexity index is 1430. The highest BCUT2D eigenvalue weighted by Crippen LogP contribution is 2.23. The topological polar surface area (TPSA) is 112 Å². The molecule has 1 aliphatic heterocycles. The molecule has 0 saturated carbocycles. The van der Waals surface area contributed by atoms with Crippen LogP contribution in [0, 0.1) is 5.41 Å². The van der Waals surface area contributed by atoms with Gasteiger partial charge in [-0.3, -0.25) is 20.4 Å². The van der Waals surface area contributed by atoms with Crippen molar-refractivity contribution in [2.24, 2.45) is 0 Å². The molecule has 9 nitrogen and oxygen atoms in total. The Kier molecular flexibility index (Phi) is 6.46. The van der Waals surface area contributed by atoms with Crippen LogP contribution in [0.3, 0.4) is 0 Å². The molecule has 0 spiro atoms. The van der Waals surface area contributed by atoms with Gasteiger partial charge in [-0.25, -0.2) is 9.78 Å². The molecule has 1 aliphatic rings. The van der Waals surface area contributed by atoms with E-state index in [-0.39, 0.29) is 11.7 Å². The van der Waals surface area contributed by atoms with E-state index in [2.05, 4.69) is 24.8 Å². The van der Waals surface area contributed by atoms with Crippen LogP contribution in [0.15, 0.2) is 72.8 Å². The zero-order valence-electron chi connectivity index (χ0n) is 19.8. The van der Waals surface area contributed by atoms with Crippen LogP contribution in [0.25, 0.3) is 11.0 Å². The Morgan fingerprint density at radius 3 is 2.50 bits per heavy atom. The van der Waals surface area contributed by atoms with Gasteiger partial charge >= 0.3 is 6.09 Å². The molecule has 36 heavy (non-hydrogen) atoms. The Morgan fingerprint density at radius 1 is 1.00 bits per heavy atom. The van der Waals surface area contributed by atoms with Gasteiger partial charge in [-0.2, -0.15) is 0 Å². The fourth-order valence-corrected chi connectivity index (χ4v) is 4.33. The summed E-state index contributed by atoms with van der Waals surface area (Å²) in [4.78, 5) is 31.2. The number of para-hydroxylation sites is 1. The molecule has 0 fully saturated rings. The molecule has 1 aromatic heterocycles. The number of hydrogen-bond acceptors (Lipinski definition) is 6. The number of nitrogens with one attached hydrogen (secondary N) is 3. The van der Waals surface area contributed by atoms with Crippen LogP contribution in [-0.4, -0.2) is 45.9 Å². The lowest BCUT2D eigenvalue weighted by Gasteiger charge is -2.28. The van der Waals surface area contributed by atoms with Gasteiger partial charge in [0.1, 0.15) is 11.7 Å². The van der Waals surface area contributed by atoms with Crippen molar-refractivity contribution >= 4 is 34.6 Å². The van der Waals surface area contributed by atoms with E-state index in [9.17, 15) is 9.59 Å². The van der Waals surface area contributed by atoms with Gasteiger partial charge < -0.3 is 14.6 Å². The molecular weight excluding hydrogens is 456 g/mol. The van der Waals surface area contributed by atoms with Gasteiger partial charge in [-0.15, -0.1) is 0 Å². The van der Waals surface area contributed by atoms with Crippen molar-refractivity contribution in [1.29, 1.82) is 5.41 Å². The number of amides is 2. The molecule has 0 aliphatic carbocycles. The number of alkyl carbamates (subject to hydrolysis) is 1. The first kappa shape index (κ1) is 23.3. The average molecular weight is 483 g/mol. The number of ether oxygens (including phenoxy) is 1. The molecule has 2 heterocycles. The first-order valence-electron chi connectivity index (χ1n) is 11.6. The number of benzene rings is 3. The van der Waals surface area contributed by atoms with Crippen LogP contribution < -0.4 is 10.6 Å². The molecule has 0 saturated heterocycles. The number of anilines is 1. The van der Waals surface area contributed by atoms with Gasteiger partial charge in [0.2, 0.25) is 0 Å². The second-order valence-corrected chi connectivity index (χ2v) is 8.60. The summed E-state index contributed by atoms with van der Waals surface area (Å²) in [6.45, 7) is 3.12. The SMILES string of the molecule is COC(=O)NC(=N)c1ccc(CN2CCn3c(nc4cc(C(=O)Nc5ccccc5)ccc43)C2)cc1. The summed E-state index contributed by atoms with van der Waals surface area (Å²) in [5.41, 5.74) is 4.89. The Balaban J connectivity index is 1.26. The van der Waals surface area contributed by atoms with Gasteiger partial charge in [-0.1, -0.05) is 42.5 Å². The van der Waals surface area contributed by atoms with E-state index in [0.29, 0.717) is 17.7 Å². The lowest BCUT2D eigenvalue weighted by molar-refractivity contribution is 0.102. The summed E-state index contributed by atoms with van der Waals surface area (Å²) in [6.07, 6.45) is -0.663. The summed E-state index contributed by atoms with van der Waals surface area (Å²) in [5, 5.41) is 13.2. The van der Waals surface area contributed by atoms with Gasteiger partial charge in [-0.05, 0) is 35.9 Å². The maximum atomic E-state index is 12.7. The van der Waals surface area contributed by atoms with E-state index in [1.54, 1.807) is 0 Å². The van der Waals surface area contributed by atoms with Crippen LogP contribution in [-0.2, 0) is 24.4 Å². The van der Waals surface area contributed by atoms with E-state index >= 15 is 0 Å². The number of fused-ring (bicyclic) bond motifs is 3.